The van der Waals surface area contributed by atoms with E-state index in [9.17, 15) is 4.79 Å². The van der Waals surface area contributed by atoms with Crippen molar-refractivity contribution in [2.75, 3.05) is 13.1 Å². The first kappa shape index (κ1) is 16.8. The first-order valence-electron chi connectivity index (χ1n) is 8.12. The normalized spacial score (nSPS) is 21.8. The number of nitrogens with zero attached hydrogens (tertiary/aromatic N) is 1. The number of ether oxygens (including phenoxy) is 1. The average molecular weight is 308 g/mol. The van der Waals surface area contributed by atoms with Crippen LogP contribution in [0.25, 0.3) is 0 Å². The summed E-state index contributed by atoms with van der Waals surface area (Å²) in [4.78, 5) is 19.1. The molecule has 2 rings (SSSR count). The molecule has 22 heavy (non-hydrogen) atoms. The van der Waals surface area contributed by atoms with Gasteiger partial charge in [-0.2, -0.15) is 0 Å². The van der Waals surface area contributed by atoms with Gasteiger partial charge in [-0.15, -0.1) is 0 Å². The Balaban J connectivity index is 1.68. The average Bonchev–Trinajstić information content (AvgIpc) is 3.06. The number of aromatic amines is 1. The summed E-state index contributed by atoms with van der Waals surface area (Å²) in [6, 6.07) is 0.463. The van der Waals surface area contributed by atoms with Gasteiger partial charge in [0, 0.05) is 37.9 Å². The molecule has 1 aliphatic rings. The molecule has 6 heteroatoms. The molecule has 0 aliphatic heterocycles. The molecule has 6 nitrogen and oxygen atoms in total. The van der Waals surface area contributed by atoms with E-state index in [1.54, 1.807) is 6.20 Å². The van der Waals surface area contributed by atoms with Crippen molar-refractivity contribution >= 4 is 6.09 Å². The molecule has 1 aliphatic carbocycles. The van der Waals surface area contributed by atoms with Crippen LogP contribution in [0.3, 0.4) is 0 Å². The Morgan fingerprint density at radius 2 is 2.27 bits per heavy atom. The second kappa shape index (κ2) is 7.63. The summed E-state index contributed by atoms with van der Waals surface area (Å²) < 4.78 is 5.28. The molecular formula is C16H28N4O2. The monoisotopic (exact) mass is 308 g/mol. The van der Waals surface area contributed by atoms with E-state index in [4.69, 9.17) is 4.74 Å². The zero-order valence-corrected chi connectivity index (χ0v) is 13.8. The fourth-order valence-electron chi connectivity index (χ4n) is 2.89. The summed E-state index contributed by atoms with van der Waals surface area (Å²) in [5.74, 6) is 1.48. The molecule has 1 fully saturated rings. The van der Waals surface area contributed by atoms with Gasteiger partial charge in [0.2, 0.25) is 0 Å². The Morgan fingerprint density at radius 3 is 2.95 bits per heavy atom. The minimum Gasteiger partial charge on any atom is -0.444 e. The van der Waals surface area contributed by atoms with Crippen molar-refractivity contribution in [3.05, 3.63) is 18.2 Å². The van der Waals surface area contributed by atoms with Crippen LogP contribution >= 0.6 is 0 Å². The molecule has 0 radical (unpaired) electrons. The Kier molecular flexibility index (Phi) is 5.83. The number of alkyl carbamates (subject to hydrolysis) is 1. The molecule has 0 spiro atoms. The van der Waals surface area contributed by atoms with E-state index in [2.05, 4.69) is 20.6 Å². The highest BCUT2D eigenvalue weighted by Crippen LogP contribution is 2.25. The summed E-state index contributed by atoms with van der Waals surface area (Å²) in [7, 11) is 0. The smallest absolute Gasteiger partial charge is 0.407 e. The number of rotatable bonds is 6. The maximum atomic E-state index is 11.7. The van der Waals surface area contributed by atoms with Gasteiger partial charge in [-0.3, -0.25) is 0 Å². The summed E-state index contributed by atoms with van der Waals surface area (Å²) in [5.41, 5.74) is -0.444. The number of hydrogen-bond acceptors (Lipinski definition) is 4. The van der Waals surface area contributed by atoms with Gasteiger partial charge in [0.1, 0.15) is 11.4 Å². The third kappa shape index (κ3) is 5.67. The van der Waals surface area contributed by atoms with E-state index in [1.165, 1.54) is 12.8 Å². The number of carbonyl (C=O) groups is 1. The molecule has 0 aromatic carbocycles. The van der Waals surface area contributed by atoms with Gasteiger partial charge in [0.25, 0.3) is 0 Å². The second-order valence-electron chi connectivity index (χ2n) is 6.92. The van der Waals surface area contributed by atoms with Crippen LogP contribution in [0.2, 0.25) is 0 Å². The van der Waals surface area contributed by atoms with Crippen molar-refractivity contribution in [1.29, 1.82) is 0 Å². The molecule has 1 heterocycles. The Morgan fingerprint density at radius 1 is 1.45 bits per heavy atom. The first-order valence-corrected chi connectivity index (χ1v) is 8.12. The van der Waals surface area contributed by atoms with Crippen LogP contribution in [-0.4, -0.2) is 40.8 Å². The van der Waals surface area contributed by atoms with Gasteiger partial charge in [-0.25, -0.2) is 9.78 Å². The lowest BCUT2D eigenvalue weighted by Gasteiger charge is -2.23. The van der Waals surface area contributed by atoms with Crippen LogP contribution in [0.15, 0.2) is 12.4 Å². The van der Waals surface area contributed by atoms with Crippen LogP contribution in [0, 0.1) is 5.92 Å². The summed E-state index contributed by atoms with van der Waals surface area (Å²) >= 11 is 0. The highest BCUT2D eigenvalue weighted by molar-refractivity contribution is 5.67. The predicted octanol–water partition coefficient (Wildman–Crippen LogP) is 2.24. The van der Waals surface area contributed by atoms with E-state index in [-0.39, 0.29) is 6.09 Å². The number of aromatic nitrogens is 2. The van der Waals surface area contributed by atoms with Gasteiger partial charge < -0.3 is 20.4 Å². The largest absolute Gasteiger partial charge is 0.444 e. The molecule has 2 atom stereocenters. The van der Waals surface area contributed by atoms with Crippen molar-refractivity contribution in [2.24, 2.45) is 5.92 Å². The predicted molar refractivity (Wildman–Crippen MR) is 85.7 cm³/mol. The van der Waals surface area contributed by atoms with Gasteiger partial charge in [0.15, 0.2) is 0 Å². The van der Waals surface area contributed by atoms with E-state index in [0.717, 1.165) is 25.2 Å². The van der Waals surface area contributed by atoms with Gasteiger partial charge in [-0.05, 0) is 39.5 Å². The standard InChI is InChI=1S/C16H28N4O2/c1-16(2,3)22-15(21)20-11-12-5-4-6-13(12)17-8-7-14-18-9-10-19-14/h9-10,12-13,17H,4-8,11H2,1-3H3,(H,18,19)(H,20,21). The van der Waals surface area contributed by atoms with Gasteiger partial charge >= 0.3 is 6.09 Å². The Labute approximate surface area is 132 Å². The Hall–Kier alpha value is -1.56. The van der Waals surface area contributed by atoms with Crippen LogP contribution in [0.5, 0.6) is 0 Å². The highest BCUT2D eigenvalue weighted by atomic mass is 16.6. The first-order chi connectivity index (χ1) is 10.4. The topological polar surface area (TPSA) is 79.0 Å². The fraction of sp³-hybridized carbons (Fsp3) is 0.750. The van der Waals surface area contributed by atoms with Crippen molar-refractivity contribution in [3.8, 4) is 0 Å². The lowest BCUT2D eigenvalue weighted by atomic mass is 10.0. The van der Waals surface area contributed by atoms with Crippen LogP contribution in [-0.2, 0) is 11.2 Å². The molecule has 1 aromatic rings. The minimum atomic E-state index is -0.444. The molecule has 1 saturated carbocycles. The summed E-state index contributed by atoms with van der Waals surface area (Å²) in [5, 5.41) is 6.49. The molecule has 0 bridgehead atoms. The number of H-pyrrole nitrogens is 1. The molecule has 1 amide bonds. The summed E-state index contributed by atoms with van der Waals surface area (Å²) in [6.07, 6.45) is 7.72. The quantitative estimate of drug-likeness (QED) is 0.753. The molecule has 1 aromatic heterocycles. The molecule has 0 saturated heterocycles. The number of nitrogens with one attached hydrogen (secondary N) is 3. The lowest BCUT2D eigenvalue weighted by Crippen LogP contribution is -2.41. The van der Waals surface area contributed by atoms with E-state index < -0.39 is 5.60 Å². The zero-order chi connectivity index (χ0) is 16.0. The van der Waals surface area contributed by atoms with Gasteiger partial charge in [-0.1, -0.05) is 6.42 Å². The third-order valence-electron chi connectivity index (χ3n) is 3.89. The Bertz CT molecular complexity index is 453. The second-order valence-corrected chi connectivity index (χ2v) is 6.92. The maximum absolute atomic E-state index is 11.7. The van der Waals surface area contributed by atoms with Crippen molar-refractivity contribution < 1.29 is 9.53 Å². The van der Waals surface area contributed by atoms with Crippen LogP contribution in [0.1, 0.15) is 45.9 Å². The van der Waals surface area contributed by atoms with E-state index in [0.29, 0.717) is 18.5 Å². The van der Waals surface area contributed by atoms with E-state index >= 15 is 0 Å². The number of carbonyl (C=O) groups excluding carboxylic acids is 1. The summed E-state index contributed by atoms with van der Waals surface area (Å²) in [6.45, 7) is 7.21. The van der Waals surface area contributed by atoms with E-state index in [1.807, 2.05) is 27.0 Å². The SMILES string of the molecule is CC(C)(C)OC(=O)NCC1CCCC1NCCc1ncc[nH]1. The molecule has 2 unspecified atom stereocenters. The molecular weight excluding hydrogens is 280 g/mol. The molecule has 124 valence electrons. The van der Waals surface area contributed by atoms with Crippen LogP contribution < -0.4 is 10.6 Å². The fourth-order valence-corrected chi connectivity index (χ4v) is 2.89. The van der Waals surface area contributed by atoms with Crippen LogP contribution in [0.4, 0.5) is 4.79 Å². The highest BCUT2D eigenvalue weighted by Gasteiger charge is 2.27. The molecule has 3 N–H and O–H groups in total. The zero-order valence-electron chi connectivity index (χ0n) is 13.8. The number of imidazole rings is 1. The van der Waals surface area contributed by atoms with Crippen molar-refractivity contribution in [3.63, 3.8) is 0 Å². The van der Waals surface area contributed by atoms with Crippen molar-refractivity contribution in [2.45, 2.75) is 58.1 Å². The van der Waals surface area contributed by atoms with Gasteiger partial charge in [0.05, 0.1) is 0 Å². The minimum absolute atomic E-state index is 0.325. The maximum Gasteiger partial charge on any atom is 0.407 e. The van der Waals surface area contributed by atoms with Crippen molar-refractivity contribution in [1.82, 2.24) is 20.6 Å². The third-order valence-corrected chi connectivity index (χ3v) is 3.89. The number of amides is 1. The number of hydrogen-bond donors (Lipinski definition) is 3. The lowest BCUT2D eigenvalue weighted by molar-refractivity contribution is 0.0517.